The number of sulfonamides is 1. The molecule has 0 aliphatic heterocycles. The summed E-state index contributed by atoms with van der Waals surface area (Å²) in [6, 6.07) is 8.78. The highest BCUT2D eigenvalue weighted by Crippen LogP contribution is 2.29. The Morgan fingerprint density at radius 1 is 1.10 bits per heavy atom. The summed E-state index contributed by atoms with van der Waals surface area (Å²) >= 11 is 0. The van der Waals surface area contributed by atoms with Gasteiger partial charge in [-0.1, -0.05) is 13.8 Å². The number of rotatable bonds is 10. The first-order valence-corrected chi connectivity index (χ1v) is 10.5. The van der Waals surface area contributed by atoms with Gasteiger partial charge in [-0.3, -0.25) is 15.5 Å². The highest BCUT2D eigenvalue weighted by molar-refractivity contribution is 7.89. The van der Waals surface area contributed by atoms with Crippen LogP contribution in [-0.4, -0.2) is 51.2 Å². The molecule has 10 nitrogen and oxygen atoms in total. The van der Waals surface area contributed by atoms with Gasteiger partial charge in [-0.05, 0) is 24.3 Å². The molecule has 0 radical (unpaired) electrons. The number of hydrazone groups is 1. The molecular formula is C19H24N4O6S. The van der Waals surface area contributed by atoms with Crippen molar-refractivity contribution < 1.29 is 22.8 Å². The zero-order valence-corrected chi connectivity index (χ0v) is 18.0. The van der Waals surface area contributed by atoms with E-state index in [1.807, 2.05) is 0 Å². The standard InChI is InChI=1S/C19H24N4O6S/c1-5-22(6-2)30(26,27)17-7-8-18(19(12-17)23(24)25)21-20-13-14-9-15(28-3)11-16(10-14)29-4/h7-13,21H,5-6H2,1-4H3/b20-13+. The molecule has 0 heterocycles. The van der Waals surface area contributed by atoms with Gasteiger partial charge in [0.25, 0.3) is 5.69 Å². The second-order valence-corrected chi connectivity index (χ2v) is 7.98. The zero-order valence-electron chi connectivity index (χ0n) is 17.2. The molecular weight excluding hydrogens is 412 g/mol. The first-order valence-electron chi connectivity index (χ1n) is 9.07. The van der Waals surface area contributed by atoms with E-state index in [0.717, 1.165) is 6.07 Å². The minimum Gasteiger partial charge on any atom is -0.497 e. The number of ether oxygens (including phenoxy) is 2. The van der Waals surface area contributed by atoms with Crippen LogP contribution in [-0.2, 0) is 10.0 Å². The number of anilines is 1. The molecule has 2 aromatic rings. The molecule has 0 aliphatic carbocycles. The zero-order chi connectivity index (χ0) is 22.3. The van der Waals surface area contributed by atoms with Crippen molar-refractivity contribution in [3.8, 4) is 11.5 Å². The van der Waals surface area contributed by atoms with E-state index in [1.54, 1.807) is 32.0 Å². The minimum atomic E-state index is -3.82. The maximum absolute atomic E-state index is 12.6. The average molecular weight is 436 g/mol. The molecule has 0 saturated heterocycles. The van der Waals surface area contributed by atoms with Crippen LogP contribution in [0.5, 0.6) is 11.5 Å². The molecule has 2 aromatic carbocycles. The highest BCUT2D eigenvalue weighted by Gasteiger charge is 2.25. The summed E-state index contributed by atoms with van der Waals surface area (Å²) in [4.78, 5) is 10.7. The van der Waals surface area contributed by atoms with E-state index in [-0.39, 0.29) is 23.7 Å². The monoisotopic (exact) mass is 436 g/mol. The molecule has 0 atom stereocenters. The van der Waals surface area contributed by atoms with Gasteiger partial charge in [0.1, 0.15) is 17.2 Å². The third-order valence-corrected chi connectivity index (χ3v) is 6.33. The van der Waals surface area contributed by atoms with Crippen molar-refractivity contribution in [2.45, 2.75) is 18.7 Å². The molecule has 0 amide bonds. The molecule has 0 unspecified atom stereocenters. The van der Waals surface area contributed by atoms with Crippen LogP contribution in [0.2, 0.25) is 0 Å². The van der Waals surface area contributed by atoms with Crippen LogP contribution < -0.4 is 14.9 Å². The first kappa shape index (κ1) is 23.1. The van der Waals surface area contributed by atoms with E-state index in [2.05, 4.69) is 10.5 Å². The van der Waals surface area contributed by atoms with Crippen molar-refractivity contribution in [1.82, 2.24) is 4.31 Å². The first-order chi connectivity index (χ1) is 14.3. The predicted molar refractivity (Wildman–Crippen MR) is 114 cm³/mol. The lowest BCUT2D eigenvalue weighted by atomic mass is 10.2. The van der Waals surface area contributed by atoms with Crippen molar-refractivity contribution in [2.75, 3.05) is 32.7 Å². The summed E-state index contributed by atoms with van der Waals surface area (Å²) < 4.78 is 36.9. The second-order valence-electron chi connectivity index (χ2n) is 6.04. The lowest BCUT2D eigenvalue weighted by Crippen LogP contribution is -2.30. The molecule has 162 valence electrons. The Labute approximate surface area is 175 Å². The number of nitro groups is 1. The summed E-state index contributed by atoms with van der Waals surface area (Å²) in [5.74, 6) is 1.13. The third-order valence-electron chi connectivity index (χ3n) is 4.28. The molecule has 0 bridgehead atoms. The lowest BCUT2D eigenvalue weighted by molar-refractivity contribution is -0.384. The molecule has 0 saturated carbocycles. The second kappa shape index (κ2) is 10.0. The SMILES string of the molecule is CCN(CC)S(=O)(=O)c1ccc(N/N=C/c2cc(OC)cc(OC)c2)c([N+](=O)[O-])c1. The van der Waals surface area contributed by atoms with Gasteiger partial charge < -0.3 is 9.47 Å². The lowest BCUT2D eigenvalue weighted by Gasteiger charge is -2.18. The summed E-state index contributed by atoms with van der Waals surface area (Å²) in [5, 5.41) is 15.5. The molecule has 30 heavy (non-hydrogen) atoms. The van der Waals surface area contributed by atoms with Crippen molar-refractivity contribution in [3.05, 3.63) is 52.1 Å². The number of benzene rings is 2. The van der Waals surface area contributed by atoms with Gasteiger partial charge in [0, 0.05) is 30.8 Å². The van der Waals surface area contributed by atoms with Crippen LogP contribution in [0.15, 0.2) is 46.4 Å². The summed E-state index contributed by atoms with van der Waals surface area (Å²) in [6.07, 6.45) is 1.44. The Balaban J connectivity index is 2.33. The van der Waals surface area contributed by atoms with Gasteiger partial charge in [-0.25, -0.2) is 8.42 Å². The normalized spacial score (nSPS) is 11.6. The highest BCUT2D eigenvalue weighted by atomic mass is 32.2. The molecule has 2 rings (SSSR count). The van der Waals surface area contributed by atoms with E-state index >= 15 is 0 Å². The van der Waals surface area contributed by atoms with E-state index < -0.39 is 20.6 Å². The number of methoxy groups -OCH3 is 2. The maximum Gasteiger partial charge on any atom is 0.295 e. The fourth-order valence-corrected chi connectivity index (χ4v) is 4.19. The van der Waals surface area contributed by atoms with E-state index in [0.29, 0.717) is 17.1 Å². The van der Waals surface area contributed by atoms with E-state index in [9.17, 15) is 18.5 Å². The van der Waals surface area contributed by atoms with Gasteiger partial charge in [0.2, 0.25) is 10.0 Å². The smallest absolute Gasteiger partial charge is 0.295 e. The fraction of sp³-hybridized carbons (Fsp3) is 0.316. The number of nitrogens with one attached hydrogen (secondary N) is 1. The Morgan fingerprint density at radius 3 is 2.20 bits per heavy atom. The average Bonchev–Trinajstić information content (AvgIpc) is 2.74. The largest absolute Gasteiger partial charge is 0.497 e. The number of hydrogen-bond donors (Lipinski definition) is 1. The minimum absolute atomic E-state index is 0.0598. The Kier molecular flexibility index (Phi) is 7.72. The van der Waals surface area contributed by atoms with Crippen molar-refractivity contribution >= 4 is 27.6 Å². The Morgan fingerprint density at radius 2 is 1.70 bits per heavy atom. The van der Waals surface area contributed by atoms with E-state index in [4.69, 9.17) is 9.47 Å². The summed E-state index contributed by atoms with van der Waals surface area (Å²) in [6.45, 7) is 3.93. The Hall–Kier alpha value is -3.18. The van der Waals surface area contributed by atoms with Crippen molar-refractivity contribution in [3.63, 3.8) is 0 Å². The third kappa shape index (κ3) is 5.24. The summed E-state index contributed by atoms with van der Waals surface area (Å²) in [5.41, 5.74) is 2.89. The van der Waals surface area contributed by atoms with E-state index in [1.165, 1.54) is 36.9 Å². The van der Waals surface area contributed by atoms with Crippen molar-refractivity contribution in [1.29, 1.82) is 0 Å². The maximum atomic E-state index is 12.6. The topological polar surface area (TPSA) is 123 Å². The summed E-state index contributed by atoms with van der Waals surface area (Å²) in [7, 11) is -0.780. The van der Waals surface area contributed by atoms with Crippen LogP contribution in [0, 0.1) is 10.1 Å². The molecule has 11 heteroatoms. The number of nitro benzene ring substituents is 1. The molecule has 0 spiro atoms. The van der Waals surface area contributed by atoms with Crippen LogP contribution >= 0.6 is 0 Å². The van der Waals surface area contributed by atoms with Gasteiger partial charge in [0.05, 0.1) is 30.3 Å². The number of nitrogens with zero attached hydrogens (tertiary/aromatic N) is 3. The quantitative estimate of drug-likeness (QED) is 0.345. The van der Waals surface area contributed by atoms with Gasteiger partial charge in [0.15, 0.2) is 0 Å². The van der Waals surface area contributed by atoms with Gasteiger partial charge in [-0.2, -0.15) is 9.41 Å². The molecule has 0 fully saturated rings. The van der Waals surface area contributed by atoms with Crippen LogP contribution in [0.4, 0.5) is 11.4 Å². The van der Waals surface area contributed by atoms with Gasteiger partial charge >= 0.3 is 0 Å². The Bertz CT molecular complexity index is 1010. The number of hydrogen-bond acceptors (Lipinski definition) is 8. The van der Waals surface area contributed by atoms with Crippen LogP contribution in [0.25, 0.3) is 0 Å². The molecule has 0 aromatic heterocycles. The van der Waals surface area contributed by atoms with Crippen LogP contribution in [0.1, 0.15) is 19.4 Å². The predicted octanol–water partition coefficient (Wildman–Crippen LogP) is 3.09. The van der Waals surface area contributed by atoms with Crippen LogP contribution in [0.3, 0.4) is 0 Å². The molecule has 0 aliphatic rings. The van der Waals surface area contributed by atoms with Crippen molar-refractivity contribution in [2.24, 2.45) is 5.10 Å². The van der Waals surface area contributed by atoms with Gasteiger partial charge in [-0.15, -0.1) is 0 Å². The molecule has 1 N–H and O–H groups in total. The fourth-order valence-electron chi connectivity index (χ4n) is 2.71.